The van der Waals surface area contributed by atoms with Crippen molar-refractivity contribution in [1.82, 2.24) is 9.55 Å². The summed E-state index contributed by atoms with van der Waals surface area (Å²) in [5.41, 5.74) is 7.57. The second-order valence-electron chi connectivity index (χ2n) is 7.11. The fraction of sp³-hybridized carbons (Fsp3) is 0.304. The van der Waals surface area contributed by atoms with Gasteiger partial charge in [-0.15, -0.1) is 12.4 Å². The molecule has 1 aromatic heterocycles. The first-order chi connectivity index (χ1) is 14.5. The van der Waals surface area contributed by atoms with E-state index in [-0.39, 0.29) is 18.1 Å². The molecule has 8 heteroatoms. The van der Waals surface area contributed by atoms with Gasteiger partial charge < -0.3 is 24.9 Å². The van der Waals surface area contributed by atoms with Gasteiger partial charge in [0.15, 0.2) is 0 Å². The number of ether oxygens (including phenoxy) is 2. The zero-order valence-corrected chi connectivity index (χ0v) is 18.3. The van der Waals surface area contributed by atoms with Crippen LogP contribution in [0.2, 0.25) is 0 Å². The van der Waals surface area contributed by atoms with Crippen LogP contribution in [0.15, 0.2) is 61.1 Å². The minimum atomic E-state index is -0.575. The summed E-state index contributed by atoms with van der Waals surface area (Å²) in [6.45, 7) is 0.850. The van der Waals surface area contributed by atoms with Crippen LogP contribution in [-0.4, -0.2) is 33.8 Å². The van der Waals surface area contributed by atoms with Crippen molar-refractivity contribution in [3.63, 3.8) is 0 Å². The van der Waals surface area contributed by atoms with E-state index in [1.807, 2.05) is 48.5 Å². The Balaban J connectivity index is 0.00000341. The van der Waals surface area contributed by atoms with Gasteiger partial charge in [-0.05, 0) is 48.6 Å². The summed E-state index contributed by atoms with van der Waals surface area (Å²) < 4.78 is 12.9. The summed E-state index contributed by atoms with van der Waals surface area (Å²) in [5, 5.41) is 10.3. The number of aromatic nitrogens is 2. The molecule has 1 heterocycles. The van der Waals surface area contributed by atoms with E-state index in [9.17, 15) is 9.90 Å². The number of imidazole rings is 1. The minimum absolute atomic E-state index is 0. The third-order valence-electron chi connectivity index (χ3n) is 4.82. The molecule has 0 fully saturated rings. The first-order valence-electron chi connectivity index (χ1n) is 9.88. The van der Waals surface area contributed by atoms with E-state index in [0.29, 0.717) is 19.6 Å². The Morgan fingerprint density at radius 3 is 2.61 bits per heavy atom. The highest BCUT2D eigenvalue weighted by atomic mass is 35.5. The summed E-state index contributed by atoms with van der Waals surface area (Å²) in [5.74, 6) is 1.09. The maximum atomic E-state index is 11.1. The van der Waals surface area contributed by atoms with Crippen LogP contribution in [0.25, 0.3) is 0 Å². The number of aryl methyl sites for hydroxylation is 1. The smallest absolute Gasteiger partial charge is 0.268 e. The molecule has 0 radical (unpaired) electrons. The summed E-state index contributed by atoms with van der Waals surface area (Å²) in [7, 11) is 1.65. The number of rotatable bonds is 11. The molecule has 3 N–H and O–H groups in total. The van der Waals surface area contributed by atoms with Gasteiger partial charge in [-0.25, -0.2) is 4.98 Å². The highest BCUT2D eigenvalue weighted by Crippen LogP contribution is 2.22. The van der Waals surface area contributed by atoms with Gasteiger partial charge in [0.25, 0.3) is 5.91 Å². The molecule has 1 atom stereocenters. The number of benzene rings is 2. The molecule has 7 nitrogen and oxygen atoms in total. The molecule has 0 aliphatic rings. The second kappa shape index (κ2) is 12.0. The summed E-state index contributed by atoms with van der Waals surface area (Å²) in [6.07, 6.45) is 4.75. The van der Waals surface area contributed by atoms with E-state index < -0.39 is 12.0 Å². The average Bonchev–Trinajstić information content (AvgIpc) is 3.22. The van der Waals surface area contributed by atoms with E-state index in [1.54, 1.807) is 17.9 Å². The van der Waals surface area contributed by atoms with Gasteiger partial charge in [0.1, 0.15) is 23.8 Å². The molecular formula is C23H28ClN3O4. The van der Waals surface area contributed by atoms with E-state index in [4.69, 9.17) is 15.2 Å². The van der Waals surface area contributed by atoms with E-state index in [2.05, 4.69) is 4.98 Å². The van der Waals surface area contributed by atoms with Crippen LogP contribution >= 0.6 is 12.4 Å². The molecule has 1 unspecified atom stereocenters. The normalized spacial score (nSPS) is 11.4. The van der Waals surface area contributed by atoms with Gasteiger partial charge in [0, 0.05) is 12.7 Å². The van der Waals surface area contributed by atoms with Crippen LogP contribution in [0.5, 0.6) is 11.5 Å². The number of nitrogens with zero attached hydrogens (tertiary/aromatic N) is 2. The van der Waals surface area contributed by atoms with E-state index in [0.717, 1.165) is 35.5 Å². The predicted molar refractivity (Wildman–Crippen MR) is 121 cm³/mol. The lowest BCUT2D eigenvalue weighted by atomic mass is 10.0. The summed E-state index contributed by atoms with van der Waals surface area (Å²) >= 11 is 0. The number of aliphatic hydroxyl groups excluding tert-OH is 1. The maximum absolute atomic E-state index is 11.1. The highest BCUT2D eigenvalue weighted by Gasteiger charge is 2.10. The molecule has 2 aromatic carbocycles. The third-order valence-corrected chi connectivity index (χ3v) is 4.82. The van der Waals surface area contributed by atoms with Gasteiger partial charge >= 0.3 is 0 Å². The molecule has 3 rings (SSSR count). The quantitative estimate of drug-likeness (QED) is 0.471. The van der Waals surface area contributed by atoms with E-state index in [1.165, 1.54) is 6.33 Å². The van der Waals surface area contributed by atoms with Crippen molar-refractivity contribution in [1.29, 1.82) is 0 Å². The molecule has 0 bridgehead atoms. The maximum Gasteiger partial charge on any atom is 0.268 e. The highest BCUT2D eigenvalue weighted by molar-refractivity contribution is 5.90. The predicted octanol–water partition coefficient (Wildman–Crippen LogP) is 3.38. The van der Waals surface area contributed by atoms with Crippen molar-refractivity contribution >= 4 is 18.3 Å². The first kappa shape index (κ1) is 24.2. The fourth-order valence-corrected chi connectivity index (χ4v) is 3.18. The Bertz CT molecular complexity index is 959. The number of hydrogen-bond acceptors (Lipinski definition) is 5. The van der Waals surface area contributed by atoms with Crippen LogP contribution in [0.4, 0.5) is 0 Å². The van der Waals surface area contributed by atoms with Crippen LogP contribution in [0.1, 0.15) is 34.5 Å². The Morgan fingerprint density at radius 2 is 1.94 bits per heavy atom. The number of hydrogen-bond donors (Lipinski definition) is 2. The molecule has 0 aliphatic carbocycles. The molecule has 0 spiro atoms. The molecule has 1 amide bonds. The lowest BCUT2D eigenvalue weighted by Crippen LogP contribution is -2.15. The second-order valence-corrected chi connectivity index (χ2v) is 7.11. The monoisotopic (exact) mass is 445 g/mol. The van der Waals surface area contributed by atoms with Crippen molar-refractivity contribution in [2.24, 2.45) is 5.73 Å². The van der Waals surface area contributed by atoms with Gasteiger partial charge in [0.2, 0.25) is 0 Å². The largest absolute Gasteiger partial charge is 0.497 e. The van der Waals surface area contributed by atoms with Crippen LogP contribution in [0, 0.1) is 0 Å². The van der Waals surface area contributed by atoms with Crippen molar-refractivity contribution < 1.29 is 19.4 Å². The molecule has 31 heavy (non-hydrogen) atoms. The summed E-state index contributed by atoms with van der Waals surface area (Å²) in [6, 6.07) is 15.8. The van der Waals surface area contributed by atoms with Gasteiger partial charge in [-0.1, -0.05) is 30.3 Å². The molecule has 0 saturated carbocycles. The molecule has 0 saturated heterocycles. The zero-order valence-electron chi connectivity index (χ0n) is 17.4. The SMILES string of the molecule is COc1ccc(COc2ccccc2CCCC(O)Cn2cnc(C(N)=O)c2)cc1.Cl. The number of aliphatic hydroxyl groups is 1. The van der Waals surface area contributed by atoms with Crippen LogP contribution in [-0.2, 0) is 19.6 Å². The van der Waals surface area contributed by atoms with Gasteiger partial charge in [-0.2, -0.15) is 0 Å². The van der Waals surface area contributed by atoms with Crippen molar-refractivity contribution in [3.8, 4) is 11.5 Å². The van der Waals surface area contributed by atoms with E-state index >= 15 is 0 Å². The Kier molecular flexibility index (Phi) is 9.37. The number of carbonyl (C=O) groups excluding carboxylic acids is 1. The van der Waals surface area contributed by atoms with Crippen LogP contribution in [0.3, 0.4) is 0 Å². The Morgan fingerprint density at radius 1 is 1.19 bits per heavy atom. The third kappa shape index (κ3) is 7.31. The fourth-order valence-electron chi connectivity index (χ4n) is 3.18. The summed E-state index contributed by atoms with van der Waals surface area (Å²) in [4.78, 5) is 15.0. The number of methoxy groups -OCH3 is 1. The van der Waals surface area contributed by atoms with Crippen LogP contribution < -0.4 is 15.2 Å². The number of amides is 1. The molecule has 0 aliphatic heterocycles. The van der Waals surface area contributed by atoms with Crippen molar-refractivity contribution in [2.75, 3.05) is 7.11 Å². The van der Waals surface area contributed by atoms with Gasteiger partial charge in [-0.3, -0.25) is 4.79 Å². The zero-order chi connectivity index (χ0) is 21.3. The lowest BCUT2D eigenvalue weighted by molar-refractivity contribution is 0.0995. The molecule has 3 aromatic rings. The number of para-hydroxylation sites is 1. The lowest BCUT2D eigenvalue weighted by Gasteiger charge is -2.14. The topological polar surface area (TPSA) is 99.6 Å². The Hall–Kier alpha value is -3.03. The standard InChI is InChI=1S/C23H27N3O4.ClH/c1-29-20-11-9-17(10-12-20)15-30-22-8-3-2-5-18(22)6-4-7-19(27)13-26-14-21(23(24)28)25-16-26;/h2-3,5,8-12,14,16,19,27H,4,6-7,13,15H2,1H3,(H2,24,28);1H. The number of primary amides is 1. The first-order valence-corrected chi connectivity index (χ1v) is 9.88. The number of carbonyl (C=O) groups is 1. The minimum Gasteiger partial charge on any atom is -0.497 e. The number of halogens is 1. The number of nitrogens with two attached hydrogens (primary N) is 1. The average molecular weight is 446 g/mol. The van der Waals surface area contributed by atoms with Crippen molar-refractivity contribution in [3.05, 3.63) is 77.9 Å². The Labute approximate surface area is 188 Å². The molecular weight excluding hydrogens is 418 g/mol. The van der Waals surface area contributed by atoms with Crippen molar-refractivity contribution in [2.45, 2.75) is 38.5 Å². The molecule has 166 valence electrons. The van der Waals surface area contributed by atoms with Gasteiger partial charge in [0.05, 0.1) is 19.5 Å².